The van der Waals surface area contributed by atoms with Crippen molar-refractivity contribution in [1.29, 1.82) is 0 Å². The molecule has 0 saturated carbocycles. The van der Waals surface area contributed by atoms with Crippen LogP contribution >= 0.6 is 0 Å². The third-order valence-electron chi connectivity index (χ3n) is 4.28. The molecule has 3 heterocycles. The summed E-state index contributed by atoms with van der Waals surface area (Å²) in [4.78, 5) is 29.6. The number of nitrogens with zero attached hydrogens (tertiary/aromatic N) is 2. The Hall–Kier alpha value is -1.91. The van der Waals surface area contributed by atoms with Gasteiger partial charge in [0.05, 0.1) is 6.42 Å². The summed E-state index contributed by atoms with van der Waals surface area (Å²) in [5.74, 6) is 0.747. The van der Waals surface area contributed by atoms with Crippen LogP contribution in [0.15, 0.2) is 24.5 Å². The van der Waals surface area contributed by atoms with Gasteiger partial charge in [-0.15, -0.1) is 0 Å². The van der Waals surface area contributed by atoms with Gasteiger partial charge in [-0.3, -0.25) is 14.6 Å². The number of rotatable bonds is 2. The molecule has 2 unspecified atom stereocenters. The molecule has 0 bridgehead atoms. The van der Waals surface area contributed by atoms with Gasteiger partial charge >= 0.3 is 0 Å². The standard InChI is InChI=1S/C15H19N3O2/c19-14-2-1-12-10-18(8-5-13(12)17-14)15(20)9-11-3-6-16-7-4-11/h3-4,6-7,12-13H,1-2,5,8-10H2,(H,17,19). The Bertz CT molecular complexity index is 503. The fraction of sp³-hybridized carbons (Fsp3) is 0.533. The summed E-state index contributed by atoms with van der Waals surface area (Å²) >= 11 is 0. The molecule has 2 fully saturated rings. The van der Waals surface area contributed by atoms with E-state index in [0.717, 1.165) is 31.5 Å². The second-order valence-corrected chi connectivity index (χ2v) is 5.63. The van der Waals surface area contributed by atoms with Gasteiger partial charge in [0.1, 0.15) is 0 Å². The molecule has 0 aromatic carbocycles. The number of fused-ring (bicyclic) bond motifs is 1. The number of aromatic nitrogens is 1. The molecule has 106 valence electrons. The lowest BCUT2D eigenvalue weighted by molar-refractivity contribution is -0.134. The molecule has 0 spiro atoms. The maximum absolute atomic E-state index is 12.3. The van der Waals surface area contributed by atoms with Crippen molar-refractivity contribution >= 4 is 11.8 Å². The second-order valence-electron chi connectivity index (χ2n) is 5.63. The summed E-state index contributed by atoms with van der Waals surface area (Å²) in [6.07, 6.45) is 6.23. The number of hydrogen-bond acceptors (Lipinski definition) is 3. The number of carbonyl (C=O) groups is 2. The highest BCUT2D eigenvalue weighted by molar-refractivity contribution is 5.79. The molecule has 2 atom stereocenters. The Balaban J connectivity index is 1.59. The molecule has 1 aromatic rings. The first-order valence-electron chi connectivity index (χ1n) is 7.18. The minimum absolute atomic E-state index is 0.155. The molecule has 1 aromatic heterocycles. The number of piperidine rings is 2. The fourth-order valence-corrected chi connectivity index (χ4v) is 3.12. The van der Waals surface area contributed by atoms with Gasteiger partial charge in [0.25, 0.3) is 0 Å². The van der Waals surface area contributed by atoms with Crippen LogP contribution in [0, 0.1) is 5.92 Å². The molecule has 20 heavy (non-hydrogen) atoms. The largest absolute Gasteiger partial charge is 0.353 e. The first kappa shape index (κ1) is 13.1. The van der Waals surface area contributed by atoms with E-state index in [1.165, 1.54) is 0 Å². The zero-order valence-electron chi connectivity index (χ0n) is 11.4. The fourth-order valence-electron chi connectivity index (χ4n) is 3.12. The number of pyridine rings is 1. The lowest BCUT2D eigenvalue weighted by Gasteiger charge is -2.41. The molecule has 5 heteroatoms. The first-order chi connectivity index (χ1) is 9.72. The van der Waals surface area contributed by atoms with E-state index in [9.17, 15) is 9.59 Å². The van der Waals surface area contributed by atoms with Gasteiger partial charge in [-0.1, -0.05) is 0 Å². The third-order valence-corrected chi connectivity index (χ3v) is 4.28. The molecule has 2 aliphatic heterocycles. The van der Waals surface area contributed by atoms with Crippen molar-refractivity contribution in [3.8, 4) is 0 Å². The summed E-state index contributed by atoms with van der Waals surface area (Å²) < 4.78 is 0. The monoisotopic (exact) mass is 273 g/mol. The zero-order valence-corrected chi connectivity index (χ0v) is 11.4. The van der Waals surface area contributed by atoms with E-state index in [2.05, 4.69) is 10.3 Å². The molecule has 2 aliphatic rings. The summed E-state index contributed by atoms with van der Waals surface area (Å²) in [5.41, 5.74) is 1.00. The Morgan fingerprint density at radius 2 is 2.15 bits per heavy atom. The van der Waals surface area contributed by atoms with Crippen LogP contribution in [-0.4, -0.2) is 40.8 Å². The highest BCUT2D eigenvalue weighted by Gasteiger charge is 2.35. The number of amides is 2. The predicted molar refractivity (Wildman–Crippen MR) is 73.8 cm³/mol. The Morgan fingerprint density at radius 3 is 2.95 bits per heavy atom. The lowest BCUT2D eigenvalue weighted by Crippen LogP contribution is -2.55. The van der Waals surface area contributed by atoms with Gasteiger partial charge < -0.3 is 10.2 Å². The van der Waals surface area contributed by atoms with E-state index >= 15 is 0 Å². The van der Waals surface area contributed by atoms with Crippen LogP contribution in [0.2, 0.25) is 0 Å². The van der Waals surface area contributed by atoms with E-state index < -0.39 is 0 Å². The number of nitrogens with one attached hydrogen (secondary N) is 1. The predicted octanol–water partition coefficient (Wildman–Crippen LogP) is 0.751. The van der Waals surface area contributed by atoms with Crippen molar-refractivity contribution in [3.05, 3.63) is 30.1 Å². The SMILES string of the molecule is O=C1CCC2CN(C(=O)Cc3ccncc3)CCC2N1. The molecule has 1 N–H and O–H groups in total. The molecule has 5 nitrogen and oxygen atoms in total. The topological polar surface area (TPSA) is 62.3 Å². The summed E-state index contributed by atoms with van der Waals surface area (Å²) in [5, 5.41) is 3.04. The lowest BCUT2D eigenvalue weighted by atomic mass is 9.85. The van der Waals surface area contributed by atoms with Crippen molar-refractivity contribution in [2.75, 3.05) is 13.1 Å². The van der Waals surface area contributed by atoms with Crippen molar-refractivity contribution in [1.82, 2.24) is 15.2 Å². The normalized spacial score (nSPS) is 25.8. The molecule has 0 aliphatic carbocycles. The van der Waals surface area contributed by atoms with E-state index in [-0.39, 0.29) is 17.9 Å². The van der Waals surface area contributed by atoms with Gasteiger partial charge in [0.2, 0.25) is 11.8 Å². The molecular weight excluding hydrogens is 254 g/mol. The van der Waals surface area contributed by atoms with Crippen LogP contribution in [0.3, 0.4) is 0 Å². The Labute approximate surface area is 118 Å². The Kier molecular flexibility index (Phi) is 3.67. The maximum atomic E-state index is 12.3. The Morgan fingerprint density at radius 1 is 1.35 bits per heavy atom. The van der Waals surface area contributed by atoms with E-state index in [0.29, 0.717) is 18.8 Å². The summed E-state index contributed by atoms with van der Waals surface area (Å²) in [6.45, 7) is 1.51. The van der Waals surface area contributed by atoms with E-state index in [1.54, 1.807) is 12.4 Å². The number of hydrogen-bond donors (Lipinski definition) is 1. The summed E-state index contributed by atoms with van der Waals surface area (Å²) in [7, 11) is 0. The van der Waals surface area contributed by atoms with Crippen molar-refractivity contribution in [2.45, 2.75) is 31.7 Å². The first-order valence-corrected chi connectivity index (χ1v) is 7.18. The van der Waals surface area contributed by atoms with Crippen molar-refractivity contribution in [3.63, 3.8) is 0 Å². The van der Waals surface area contributed by atoms with E-state index in [4.69, 9.17) is 0 Å². The van der Waals surface area contributed by atoms with Gasteiger partial charge in [0.15, 0.2) is 0 Å². The van der Waals surface area contributed by atoms with Gasteiger partial charge in [0, 0.05) is 37.9 Å². The molecule has 3 rings (SSSR count). The minimum Gasteiger partial charge on any atom is -0.353 e. The van der Waals surface area contributed by atoms with Gasteiger partial charge in [-0.25, -0.2) is 0 Å². The van der Waals surface area contributed by atoms with Crippen LogP contribution < -0.4 is 5.32 Å². The quantitative estimate of drug-likeness (QED) is 0.865. The number of likely N-dealkylation sites (tertiary alicyclic amines) is 1. The highest BCUT2D eigenvalue weighted by atomic mass is 16.2. The summed E-state index contributed by atoms with van der Waals surface area (Å²) in [6, 6.07) is 4.03. The molecule has 2 amide bonds. The molecule has 0 radical (unpaired) electrons. The number of carbonyl (C=O) groups excluding carboxylic acids is 2. The zero-order chi connectivity index (χ0) is 13.9. The van der Waals surface area contributed by atoms with Crippen molar-refractivity contribution in [2.24, 2.45) is 5.92 Å². The average molecular weight is 273 g/mol. The maximum Gasteiger partial charge on any atom is 0.227 e. The minimum atomic E-state index is 0.155. The highest BCUT2D eigenvalue weighted by Crippen LogP contribution is 2.25. The van der Waals surface area contributed by atoms with Crippen LogP contribution in [0.1, 0.15) is 24.8 Å². The molecule has 2 saturated heterocycles. The second kappa shape index (κ2) is 5.61. The van der Waals surface area contributed by atoms with Gasteiger partial charge in [-0.05, 0) is 36.5 Å². The average Bonchev–Trinajstić information content (AvgIpc) is 2.47. The smallest absolute Gasteiger partial charge is 0.227 e. The molecular formula is C15H19N3O2. The van der Waals surface area contributed by atoms with Crippen LogP contribution in [0.4, 0.5) is 0 Å². The van der Waals surface area contributed by atoms with Crippen LogP contribution in [0.5, 0.6) is 0 Å². The van der Waals surface area contributed by atoms with E-state index in [1.807, 2.05) is 17.0 Å². The van der Waals surface area contributed by atoms with Crippen LogP contribution in [0.25, 0.3) is 0 Å². The van der Waals surface area contributed by atoms with Crippen LogP contribution in [-0.2, 0) is 16.0 Å². The third kappa shape index (κ3) is 2.81. The van der Waals surface area contributed by atoms with Crippen molar-refractivity contribution < 1.29 is 9.59 Å². The van der Waals surface area contributed by atoms with Gasteiger partial charge in [-0.2, -0.15) is 0 Å².